The third-order valence-electron chi connectivity index (χ3n) is 3.20. The van der Waals surface area contributed by atoms with Crippen LogP contribution in [0.5, 0.6) is 5.75 Å². The molecule has 0 fully saturated rings. The van der Waals surface area contributed by atoms with Crippen LogP contribution in [0, 0.1) is 0 Å². The predicted molar refractivity (Wildman–Crippen MR) is 97.8 cm³/mol. The average molecular weight is 322 g/mol. The van der Waals surface area contributed by atoms with Crippen LogP contribution in [0.4, 0.5) is 0 Å². The molecule has 1 rings (SSSR count). The van der Waals surface area contributed by atoms with E-state index in [1.165, 1.54) is 5.56 Å². The summed E-state index contributed by atoms with van der Waals surface area (Å²) in [6, 6.07) is 8.22. The molecule has 0 N–H and O–H groups in total. The summed E-state index contributed by atoms with van der Waals surface area (Å²) in [6.07, 6.45) is 0.828. The van der Waals surface area contributed by atoms with E-state index in [9.17, 15) is 0 Å². The fourth-order valence-electron chi connectivity index (χ4n) is 2.78. The number of hydrogen-bond acceptors (Lipinski definition) is 3. The van der Waals surface area contributed by atoms with Gasteiger partial charge in [0.05, 0.1) is 6.61 Å². The Morgan fingerprint density at radius 3 is 1.83 bits per heavy atom. The lowest BCUT2D eigenvalue weighted by atomic mass is 10.00. The van der Waals surface area contributed by atoms with Gasteiger partial charge in [-0.05, 0) is 73.9 Å². The Hall–Kier alpha value is -1.06. The summed E-state index contributed by atoms with van der Waals surface area (Å²) in [5.41, 5.74) is 0.907. The molecule has 0 saturated carbocycles. The first-order valence-corrected chi connectivity index (χ1v) is 8.51. The Morgan fingerprint density at radius 2 is 1.35 bits per heavy atom. The van der Waals surface area contributed by atoms with E-state index >= 15 is 0 Å². The molecular weight excluding hydrogens is 286 g/mol. The van der Waals surface area contributed by atoms with Crippen LogP contribution in [0.15, 0.2) is 24.3 Å². The maximum Gasteiger partial charge on any atom is 0.123 e. The minimum absolute atomic E-state index is 0.0420. The highest BCUT2D eigenvalue weighted by Gasteiger charge is 2.32. The zero-order valence-corrected chi connectivity index (χ0v) is 16.5. The van der Waals surface area contributed by atoms with Crippen LogP contribution in [0.3, 0.4) is 0 Å². The number of rotatable bonds is 5. The Bertz CT molecular complexity index is 476. The van der Waals surface area contributed by atoms with Crippen LogP contribution >= 0.6 is 0 Å². The highest BCUT2D eigenvalue weighted by atomic mass is 16.7. The van der Waals surface area contributed by atoms with E-state index in [1.54, 1.807) is 0 Å². The van der Waals surface area contributed by atoms with Gasteiger partial charge in [-0.2, -0.15) is 5.06 Å². The molecule has 0 radical (unpaired) electrons. The Balaban J connectivity index is 2.75. The van der Waals surface area contributed by atoms with E-state index in [0.29, 0.717) is 6.61 Å². The molecule has 1 aromatic rings. The lowest BCUT2D eigenvalue weighted by molar-refractivity contribution is -0.256. The molecule has 0 bridgehead atoms. The number of ether oxygens (including phenoxy) is 1. The van der Waals surface area contributed by atoms with Crippen LogP contribution in [0.25, 0.3) is 0 Å². The molecule has 132 valence electrons. The number of para-hydroxylation sites is 1. The highest BCUT2D eigenvalue weighted by molar-refractivity contribution is 5.33. The second-order valence-electron chi connectivity index (χ2n) is 9.04. The molecule has 23 heavy (non-hydrogen) atoms. The summed E-state index contributed by atoms with van der Waals surface area (Å²) in [5, 5.41) is 2.09. The first-order chi connectivity index (χ1) is 10.3. The summed E-state index contributed by atoms with van der Waals surface area (Å²) in [5.74, 6) is 0.946. The summed E-state index contributed by atoms with van der Waals surface area (Å²) in [6.45, 7) is 19.9. The SMILES string of the molecule is CC(C)(C)Oc1ccccc1CCON(C(C)(C)C)C(C)(C)C. The van der Waals surface area contributed by atoms with E-state index in [2.05, 4.69) is 79.5 Å². The van der Waals surface area contributed by atoms with E-state index in [1.807, 2.05) is 12.1 Å². The zero-order chi connectivity index (χ0) is 17.9. The van der Waals surface area contributed by atoms with Gasteiger partial charge in [0, 0.05) is 17.5 Å². The zero-order valence-electron chi connectivity index (χ0n) is 16.5. The van der Waals surface area contributed by atoms with Gasteiger partial charge in [0.1, 0.15) is 11.4 Å². The second kappa shape index (κ2) is 7.23. The van der Waals surface area contributed by atoms with Crippen molar-refractivity contribution in [2.45, 2.75) is 85.4 Å². The van der Waals surface area contributed by atoms with Gasteiger partial charge in [-0.3, -0.25) is 4.84 Å². The fraction of sp³-hybridized carbons (Fsp3) is 0.700. The second-order valence-corrected chi connectivity index (χ2v) is 9.04. The fourth-order valence-corrected chi connectivity index (χ4v) is 2.78. The molecule has 3 nitrogen and oxygen atoms in total. The molecule has 0 aliphatic rings. The number of benzene rings is 1. The molecule has 0 saturated heterocycles. The van der Waals surface area contributed by atoms with Crippen molar-refractivity contribution in [3.8, 4) is 5.75 Å². The third kappa shape index (κ3) is 6.92. The predicted octanol–water partition coefficient (Wildman–Crippen LogP) is 5.24. The quantitative estimate of drug-likeness (QED) is 0.692. The Morgan fingerprint density at radius 1 is 0.826 bits per heavy atom. The lowest BCUT2D eigenvalue weighted by Crippen LogP contribution is -2.52. The monoisotopic (exact) mass is 321 g/mol. The first-order valence-electron chi connectivity index (χ1n) is 8.51. The lowest BCUT2D eigenvalue weighted by Gasteiger charge is -2.43. The number of nitrogens with zero attached hydrogens (tertiary/aromatic N) is 1. The maximum atomic E-state index is 6.14. The van der Waals surface area contributed by atoms with Gasteiger partial charge in [0.2, 0.25) is 0 Å². The van der Waals surface area contributed by atoms with Gasteiger partial charge in [-0.15, -0.1) is 0 Å². The van der Waals surface area contributed by atoms with Crippen molar-refractivity contribution in [2.75, 3.05) is 6.61 Å². The minimum atomic E-state index is -0.195. The molecule has 3 heteroatoms. The Labute approximate surface area is 142 Å². The molecule has 0 aliphatic heterocycles. The third-order valence-corrected chi connectivity index (χ3v) is 3.20. The van der Waals surface area contributed by atoms with Crippen molar-refractivity contribution in [1.82, 2.24) is 5.06 Å². The smallest absolute Gasteiger partial charge is 0.123 e. The van der Waals surface area contributed by atoms with Crippen LogP contribution in [-0.4, -0.2) is 28.3 Å². The van der Waals surface area contributed by atoms with Crippen molar-refractivity contribution in [3.63, 3.8) is 0 Å². The van der Waals surface area contributed by atoms with E-state index < -0.39 is 0 Å². The molecule has 0 aliphatic carbocycles. The van der Waals surface area contributed by atoms with Crippen LogP contribution < -0.4 is 4.74 Å². The van der Waals surface area contributed by atoms with Crippen LogP contribution in [0.2, 0.25) is 0 Å². The summed E-state index contributed by atoms with van der Waals surface area (Å²) < 4.78 is 6.06. The number of hydroxylamine groups is 2. The van der Waals surface area contributed by atoms with Crippen molar-refractivity contribution in [3.05, 3.63) is 29.8 Å². The topological polar surface area (TPSA) is 21.7 Å². The van der Waals surface area contributed by atoms with Gasteiger partial charge in [-0.25, -0.2) is 0 Å². The van der Waals surface area contributed by atoms with E-state index in [0.717, 1.165) is 12.2 Å². The Kier molecular flexibility index (Phi) is 6.28. The van der Waals surface area contributed by atoms with Gasteiger partial charge < -0.3 is 4.74 Å². The van der Waals surface area contributed by atoms with Crippen LogP contribution in [0.1, 0.15) is 67.9 Å². The molecular formula is C20H35NO2. The van der Waals surface area contributed by atoms with E-state index in [-0.39, 0.29) is 16.7 Å². The molecule has 1 aromatic carbocycles. The molecule has 0 atom stereocenters. The standard InChI is InChI=1S/C20H35NO2/c1-18(2,3)21(19(4,5)6)22-15-14-16-12-10-11-13-17(16)23-20(7,8)9/h10-13H,14-15H2,1-9H3. The molecule has 0 heterocycles. The molecule has 0 unspecified atom stereocenters. The van der Waals surface area contributed by atoms with Gasteiger partial charge >= 0.3 is 0 Å². The van der Waals surface area contributed by atoms with Crippen molar-refractivity contribution < 1.29 is 9.57 Å². The average Bonchev–Trinajstić information content (AvgIpc) is 2.31. The molecule has 0 aromatic heterocycles. The summed E-state index contributed by atoms with van der Waals surface area (Å²) >= 11 is 0. The van der Waals surface area contributed by atoms with Gasteiger partial charge in [0.15, 0.2) is 0 Å². The molecule has 0 amide bonds. The van der Waals surface area contributed by atoms with Crippen molar-refractivity contribution in [2.24, 2.45) is 0 Å². The van der Waals surface area contributed by atoms with Crippen molar-refractivity contribution >= 4 is 0 Å². The summed E-state index contributed by atoms with van der Waals surface area (Å²) in [7, 11) is 0. The maximum absolute atomic E-state index is 6.14. The molecule has 0 spiro atoms. The van der Waals surface area contributed by atoms with E-state index in [4.69, 9.17) is 9.57 Å². The minimum Gasteiger partial charge on any atom is -0.488 e. The largest absolute Gasteiger partial charge is 0.488 e. The highest BCUT2D eigenvalue weighted by Crippen LogP contribution is 2.27. The van der Waals surface area contributed by atoms with Gasteiger partial charge in [-0.1, -0.05) is 18.2 Å². The van der Waals surface area contributed by atoms with Crippen LogP contribution in [-0.2, 0) is 11.3 Å². The van der Waals surface area contributed by atoms with Crippen molar-refractivity contribution in [1.29, 1.82) is 0 Å². The van der Waals surface area contributed by atoms with Gasteiger partial charge in [0.25, 0.3) is 0 Å². The summed E-state index contributed by atoms with van der Waals surface area (Å²) in [4.78, 5) is 6.14. The normalized spacial score (nSPS) is 13.5. The first kappa shape index (κ1) is 20.0. The number of hydrogen-bond donors (Lipinski definition) is 0.